The van der Waals surface area contributed by atoms with Crippen LogP contribution in [0.15, 0.2) is 30.3 Å². The molecule has 1 unspecified atom stereocenters. The SMILES string of the molecule is Cc1cc(C(=O)N(C)CC2CCCN(CCc3ccc(Cl)cc3)C2)n[nH]1. The molecule has 1 saturated heterocycles. The smallest absolute Gasteiger partial charge is 0.274 e. The van der Waals surface area contributed by atoms with Gasteiger partial charge < -0.3 is 9.80 Å². The fourth-order valence-corrected chi connectivity index (χ4v) is 3.76. The Morgan fingerprint density at radius 1 is 1.38 bits per heavy atom. The molecule has 0 saturated carbocycles. The normalized spacial score (nSPS) is 18.0. The molecule has 6 heteroatoms. The molecular formula is C20H27ClN4O. The first-order valence-electron chi connectivity index (χ1n) is 9.25. The highest BCUT2D eigenvalue weighted by molar-refractivity contribution is 6.30. The summed E-state index contributed by atoms with van der Waals surface area (Å²) in [7, 11) is 1.87. The van der Waals surface area contributed by atoms with Crippen LogP contribution in [0.5, 0.6) is 0 Å². The zero-order valence-electron chi connectivity index (χ0n) is 15.5. The van der Waals surface area contributed by atoms with Gasteiger partial charge in [0.25, 0.3) is 5.91 Å². The van der Waals surface area contributed by atoms with Crippen molar-refractivity contribution in [3.8, 4) is 0 Å². The van der Waals surface area contributed by atoms with Crippen LogP contribution in [0.1, 0.15) is 34.6 Å². The van der Waals surface area contributed by atoms with Gasteiger partial charge in [-0.2, -0.15) is 5.10 Å². The zero-order chi connectivity index (χ0) is 18.5. The van der Waals surface area contributed by atoms with E-state index in [1.165, 1.54) is 18.4 Å². The number of carbonyl (C=O) groups excluding carboxylic acids is 1. The number of rotatable bonds is 6. The molecule has 1 atom stereocenters. The molecule has 0 radical (unpaired) electrons. The van der Waals surface area contributed by atoms with Crippen LogP contribution in [-0.4, -0.2) is 59.1 Å². The van der Waals surface area contributed by atoms with E-state index >= 15 is 0 Å². The summed E-state index contributed by atoms with van der Waals surface area (Å²) in [5.74, 6) is 0.510. The molecule has 0 spiro atoms. The molecule has 1 fully saturated rings. The van der Waals surface area contributed by atoms with Gasteiger partial charge in [0.05, 0.1) is 0 Å². The molecule has 1 N–H and O–H groups in total. The Morgan fingerprint density at radius 2 is 2.15 bits per heavy atom. The van der Waals surface area contributed by atoms with Crippen LogP contribution in [0.4, 0.5) is 0 Å². The average molecular weight is 375 g/mol. The minimum absolute atomic E-state index is 0.00682. The summed E-state index contributed by atoms with van der Waals surface area (Å²) < 4.78 is 0. The average Bonchev–Trinajstić information content (AvgIpc) is 3.07. The van der Waals surface area contributed by atoms with Crippen LogP contribution in [0, 0.1) is 12.8 Å². The van der Waals surface area contributed by atoms with Crippen LogP contribution in [0.3, 0.4) is 0 Å². The molecule has 1 aromatic heterocycles. The topological polar surface area (TPSA) is 52.2 Å². The van der Waals surface area contributed by atoms with Gasteiger partial charge in [-0.15, -0.1) is 0 Å². The first-order valence-corrected chi connectivity index (χ1v) is 9.63. The summed E-state index contributed by atoms with van der Waals surface area (Å²) in [4.78, 5) is 16.8. The summed E-state index contributed by atoms with van der Waals surface area (Å²) in [5.41, 5.74) is 2.73. The Bertz CT molecular complexity index is 728. The van der Waals surface area contributed by atoms with Crippen molar-refractivity contribution >= 4 is 17.5 Å². The summed E-state index contributed by atoms with van der Waals surface area (Å²) in [6.07, 6.45) is 3.40. The number of aromatic nitrogens is 2. The third-order valence-electron chi connectivity index (χ3n) is 5.04. The Kier molecular flexibility index (Phi) is 6.33. The van der Waals surface area contributed by atoms with Crippen LogP contribution in [0.25, 0.3) is 0 Å². The van der Waals surface area contributed by atoms with Crippen LogP contribution >= 0.6 is 11.6 Å². The number of aryl methyl sites for hydroxylation is 1. The van der Waals surface area contributed by atoms with Gasteiger partial charge in [0, 0.05) is 37.4 Å². The van der Waals surface area contributed by atoms with Gasteiger partial charge in [-0.25, -0.2) is 0 Å². The number of aromatic amines is 1. The minimum Gasteiger partial charge on any atom is -0.340 e. The Labute approximate surface area is 160 Å². The van der Waals surface area contributed by atoms with Gasteiger partial charge in [0.1, 0.15) is 5.69 Å². The second kappa shape index (κ2) is 8.69. The summed E-state index contributed by atoms with van der Waals surface area (Å²) in [5, 5.41) is 7.70. The number of nitrogens with zero attached hydrogens (tertiary/aromatic N) is 3. The van der Waals surface area contributed by atoms with Crippen molar-refractivity contribution in [2.45, 2.75) is 26.2 Å². The van der Waals surface area contributed by atoms with Crippen LogP contribution in [-0.2, 0) is 6.42 Å². The Hall–Kier alpha value is -1.85. The van der Waals surface area contributed by atoms with E-state index in [2.05, 4.69) is 27.2 Å². The maximum atomic E-state index is 12.5. The fraction of sp³-hybridized carbons (Fsp3) is 0.500. The molecule has 0 bridgehead atoms. The maximum Gasteiger partial charge on any atom is 0.274 e. The number of carbonyl (C=O) groups is 1. The largest absolute Gasteiger partial charge is 0.340 e. The van der Waals surface area contributed by atoms with E-state index in [1.54, 1.807) is 6.07 Å². The number of likely N-dealkylation sites (tertiary alicyclic amines) is 1. The maximum absolute atomic E-state index is 12.5. The lowest BCUT2D eigenvalue weighted by Gasteiger charge is -2.34. The third-order valence-corrected chi connectivity index (χ3v) is 5.29. The van der Waals surface area contributed by atoms with Crippen molar-refractivity contribution in [2.24, 2.45) is 5.92 Å². The van der Waals surface area contributed by atoms with E-state index < -0.39 is 0 Å². The highest BCUT2D eigenvalue weighted by atomic mass is 35.5. The molecule has 1 aliphatic heterocycles. The highest BCUT2D eigenvalue weighted by Crippen LogP contribution is 2.19. The van der Waals surface area contributed by atoms with Gasteiger partial charge >= 0.3 is 0 Å². The summed E-state index contributed by atoms with van der Waals surface area (Å²) in [6, 6.07) is 9.91. The Morgan fingerprint density at radius 3 is 2.85 bits per heavy atom. The molecule has 3 rings (SSSR count). The third kappa shape index (κ3) is 5.08. The number of nitrogens with one attached hydrogen (secondary N) is 1. The van der Waals surface area contributed by atoms with Gasteiger partial charge in [-0.3, -0.25) is 9.89 Å². The van der Waals surface area contributed by atoms with E-state index in [-0.39, 0.29) is 5.91 Å². The zero-order valence-corrected chi connectivity index (χ0v) is 16.3. The molecular weight excluding hydrogens is 348 g/mol. The van der Waals surface area contributed by atoms with Crippen LogP contribution in [0.2, 0.25) is 5.02 Å². The van der Waals surface area contributed by atoms with Crippen LogP contribution < -0.4 is 0 Å². The number of H-pyrrole nitrogens is 1. The van der Waals surface area contributed by atoms with Gasteiger partial charge in [0.2, 0.25) is 0 Å². The summed E-state index contributed by atoms with van der Waals surface area (Å²) >= 11 is 5.95. The molecule has 0 aliphatic carbocycles. The standard InChI is InChI=1S/C20H27ClN4O/c1-15-12-19(23-22-15)20(26)24(2)13-17-4-3-10-25(14-17)11-9-16-5-7-18(21)8-6-16/h5-8,12,17H,3-4,9-11,13-14H2,1-2H3,(H,22,23). The predicted octanol–water partition coefficient (Wildman–Crippen LogP) is 3.40. The number of hydrogen-bond acceptors (Lipinski definition) is 3. The van der Waals surface area contributed by atoms with E-state index in [9.17, 15) is 4.79 Å². The fourth-order valence-electron chi connectivity index (χ4n) is 3.64. The van der Waals surface area contributed by atoms with Crippen molar-refractivity contribution in [3.63, 3.8) is 0 Å². The first-order chi connectivity index (χ1) is 12.5. The number of piperidine rings is 1. The molecule has 140 valence electrons. The number of hydrogen-bond donors (Lipinski definition) is 1. The lowest BCUT2D eigenvalue weighted by molar-refractivity contribution is 0.0724. The molecule has 5 nitrogen and oxygen atoms in total. The molecule has 1 aromatic carbocycles. The molecule has 2 aromatic rings. The van der Waals surface area contributed by atoms with Crippen molar-refractivity contribution in [2.75, 3.05) is 33.2 Å². The van der Waals surface area contributed by atoms with E-state index in [0.29, 0.717) is 11.6 Å². The van der Waals surface area contributed by atoms with E-state index in [0.717, 1.165) is 43.3 Å². The lowest BCUT2D eigenvalue weighted by Crippen LogP contribution is -2.42. The Balaban J connectivity index is 1.48. The van der Waals surface area contributed by atoms with Crippen molar-refractivity contribution in [1.82, 2.24) is 20.0 Å². The van der Waals surface area contributed by atoms with Gasteiger partial charge in [0.15, 0.2) is 0 Å². The summed E-state index contributed by atoms with van der Waals surface area (Å²) in [6.45, 7) is 5.92. The van der Waals surface area contributed by atoms with E-state index in [1.807, 2.05) is 31.0 Å². The van der Waals surface area contributed by atoms with E-state index in [4.69, 9.17) is 11.6 Å². The molecule has 2 heterocycles. The lowest BCUT2D eigenvalue weighted by atomic mass is 9.97. The minimum atomic E-state index is -0.00682. The number of benzene rings is 1. The highest BCUT2D eigenvalue weighted by Gasteiger charge is 2.23. The first kappa shape index (κ1) is 18.9. The van der Waals surface area contributed by atoms with Crippen molar-refractivity contribution in [1.29, 1.82) is 0 Å². The van der Waals surface area contributed by atoms with Gasteiger partial charge in [-0.1, -0.05) is 23.7 Å². The second-order valence-corrected chi connectivity index (χ2v) is 7.74. The second-order valence-electron chi connectivity index (χ2n) is 7.31. The van der Waals surface area contributed by atoms with Gasteiger partial charge in [-0.05, 0) is 62.4 Å². The molecule has 1 amide bonds. The number of amides is 1. The number of halogens is 1. The quantitative estimate of drug-likeness (QED) is 0.843. The molecule has 26 heavy (non-hydrogen) atoms. The predicted molar refractivity (Wildman–Crippen MR) is 105 cm³/mol. The van der Waals surface area contributed by atoms with Crippen molar-refractivity contribution < 1.29 is 4.79 Å². The monoisotopic (exact) mass is 374 g/mol. The molecule has 1 aliphatic rings. The van der Waals surface area contributed by atoms with Crippen molar-refractivity contribution in [3.05, 3.63) is 52.3 Å².